The maximum Gasteiger partial charge on any atom is 0.211 e. The van der Waals surface area contributed by atoms with Crippen LogP contribution in [0.15, 0.2) is 23.3 Å². The van der Waals surface area contributed by atoms with Crippen LogP contribution in [0.1, 0.15) is 66.2 Å². The summed E-state index contributed by atoms with van der Waals surface area (Å²) in [6.07, 6.45) is 11.5. The average molecular weight is 363 g/mol. The van der Waals surface area contributed by atoms with Gasteiger partial charge in [-0.05, 0) is 49.0 Å². The van der Waals surface area contributed by atoms with E-state index < -0.39 is 11.6 Å². The van der Waals surface area contributed by atoms with E-state index in [1.807, 2.05) is 0 Å². The Morgan fingerprint density at radius 1 is 0.615 bits per heavy atom. The Bertz CT molecular complexity index is 540. The Morgan fingerprint density at radius 2 is 0.962 bits per heavy atom. The molecule has 2 spiro atoms. The summed E-state index contributed by atoms with van der Waals surface area (Å²) in [6.45, 7) is 11.9. The van der Waals surface area contributed by atoms with Gasteiger partial charge in [-0.1, -0.05) is 40.5 Å². The van der Waals surface area contributed by atoms with Gasteiger partial charge in [-0.2, -0.15) is 0 Å². The number of rotatable bonds is 7. The lowest BCUT2D eigenvalue weighted by atomic mass is 9.95. The van der Waals surface area contributed by atoms with Gasteiger partial charge in [0.1, 0.15) is 0 Å². The van der Waals surface area contributed by atoms with Crippen LogP contribution in [-0.4, -0.2) is 38.0 Å². The number of hydrogen-bond donors (Lipinski definition) is 0. The maximum absolute atomic E-state index is 5.95. The predicted octanol–water partition coefficient (Wildman–Crippen LogP) is 4.75. The van der Waals surface area contributed by atoms with Gasteiger partial charge in [0.25, 0.3) is 0 Å². The zero-order valence-corrected chi connectivity index (χ0v) is 16.9. The van der Waals surface area contributed by atoms with Crippen LogP contribution in [0.5, 0.6) is 0 Å². The van der Waals surface area contributed by atoms with Crippen LogP contribution in [0.2, 0.25) is 0 Å². The van der Waals surface area contributed by atoms with Crippen molar-refractivity contribution < 1.29 is 18.9 Å². The molecule has 0 amide bonds. The Labute approximate surface area is 157 Å². The van der Waals surface area contributed by atoms with Crippen molar-refractivity contribution in [3.8, 4) is 0 Å². The summed E-state index contributed by atoms with van der Waals surface area (Å²) in [5.74, 6) is -0.825. The highest BCUT2D eigenvalue weighted by molar-refractivity contribution is 5.40. The first-order valence-corrected chi connectivity index (χ1v) is 10.2. The van der Waals surface area contributed by atoms with Crippen LogP contribution in [0.25, 0.3) is 0 Å². The van der Waals surface area contributed by atoms with Gasteiger partial charge in [-0.15, -0.1) is 0 Å². The van der Waals surface area contributed by atoms with Crippen LogP contribution in [0, 0.1) is 10.8 Å². The molecule has 0 atom stereocenters. The van der Waals surface area contributed by atoms with E-state index in [4.69, 9.17) is 18.9 Å². The van der Waals surface area contributed by atoms with Gasteiger partial charge < -0.3 is 18.9 Å². The highest BCUT2D eigenvalue weighted by atomic mass is 16.7. The first-order chi connectivity index (χ1) is 12.2. The molecule has 4 rings (SSSR count). The molecule has 0 unspecified atom stereocenters. The molecule has 2 heterocycles. The van der Waals surface area contributed by atoms with Crippen molar-refractivity contribution in [1.82, 2.24) is 0 Å². The summed E-state index contributed by atoms with van der Waals surface area (Å²) in [5.41, 5.74) is 2.98. The number of hydrogen-bond acceptors (Lipinski definition) is 4. The fourth-order valence-electron chi connectivity index (χ4n) is 3.78. The van der Waals surface area contributed by atoms with E-state index >= 15 is 0 Å². The zero-order valence-electron chi connectivity index (χ0n) is 16.9. The van der Waals surface area contributed by atoms with E-state index in [-0.39, 0.29) is 10.8 Å². The summed E-state index contributed by atoms with van der Waals surface area (Å²) in [7, 11) is 0. The topological polar surface area (TPSA) is 36.9 Å². The van der Waals surface area contributed by atoms with E-state index in [2.05, 4.69) is 39.8 Å². The fraction of sp³-hybridized carbons (Fsp3) is 0.818. The van der Waals surface area contributed by atoms with E-state index in [1.54, 1.807) is 0 Å². The molecule has 4 heteroatoms. The third-order valence-electron chi connectivity index (χ3n) is 5.81. The average Bonchev–Trinajstić information content (AvgIpc) is 3.46. The molecule has 2 aliphatic heterocycles. The molecule has 0 aromatic rings. The molecular formula is C22H34O4. The summed E-state index contributed by atoms with van der Waals surface area (Å²) in [5, 5.41) is 0. The minimum absolute atomic E-state index is 0.142. The lowest BCUT2D eigenvalue weighted by molar-refractivity contribution is -0.231. The van der Waals surface area contributed by atoms with Crippen LogP contribution < -0.4 is 0 Å². The van der Waals surface area contributed by atoms with Crippen molar-refractivity contribution >= 4 is 0 Å². The molecule has 0 saturated carbocycles. The maximum atomic E-state index is 5.95. The fourth-order valence-corrected chi connectivity index (χ4v) is 3.78. The standard InChI is InChI=1S/C22H34O4/c1-19(2)13-23-21(24-14-19)11-17(21)9-7-5-6-8-10-18-12-22(18)25-15-20(3,4)16-26-22/h11-12H,5-10,13-16H2,1-4H3. The van der Waals surface area contributed by atoms with Gasteiger partial charge in [-0.25, -0.2) is 0 Å². The van der Waals surface area contributed by atoms with Gasteiger partial charge in [0.05, 0.1) is 26.4 Å². The second-order valence-electron chi connectivity index (χ2n) is 10.1. The van der Waals surface area contributed by atoms with Gasteiger partial charge in [0.15, 0.2) is 0 Å². The Balaban J connectivity index is 1.05. The van der Waals surface area contributed by atoms with Crippen LogP contribution >= 0.6 is 0 Å². The molecule has 0 radical (unpaired) electrons. The molecule has 4 nitrogen and oxygen atoms in total. The van der Waals surface area contributed by atoms with Crippen molar-refractivity contribution in [1.29, 1.82) is 0 Å². The number of unbranched alkanes of at least 4 members (excludes halogenated alkanes) is 3. The first-order valence-electron chi connectivity index (χ1n) is 10.2. The van der Waals surface area contributed by atoms with Crippen molar-refractivity contribution in [2.75, 3.05) is 26.4 Å². The molecule has 2 saturated heterocycles. The molecule has 0 bridgehead atoms. The summed E-state index contributed by atoms with van der Waals surface area (Å²) in [4.78, 5) is 0. The molecule has 0 N–H and O–H groups in total. The van der Waals surface area contributed by atoms with Crippen molar-refractivity contribution in [2.24, 2.45) is 10.8 Å². The predicted molar refractivity (Wildman–Crippen MR) is 101 cm³/mol. The van der Waals surface area contributed by atoms with E-state index in [0.29, 0.717) is 0 Å². The second kappa shape index (κ2) is 6.44. The molecule has 26 heavy (non-hydrogen) atoms. The minimum Gasteiger partial charge on any atom is -0.342 e. The Morgan fingerprint density at radius 3 is 1.31 bits per heavy atom. The third-order valence-corrected chi connectivity index (χ3v) is 5.81. The summed E-state index contributed by atoms with van der Waals surface area (Å²) in [6, 6.07) is 0. The second-order valence-corrected chi connectivity index (χ2v) is 10.1. The van der Waals surface area contributed by atoms with Gasteiger partial charge in [0, 0.05) is 10.8 Å². The normalized spacial score (nSPS) is 29.4. The first kappa shape index (κ1) is 18.7. The quantitative estimate of drug-likeness (QED) is 0.484. The van der Waals surface area contributed by atoms with E-state index in [9.17, 15) is 0 Å². The Kier molecular flexibility index (Phi) is 4.62. The van der Waals surface area contributed by atoms with Crippen LogP contribution in [0.3, 0.4) is 0 Å². The lowest BCUT2D eigenvalue weighted by Crippen LogP contribution is -2.40. The SMILES string of the molecule is CC1(C)COC2(C=C2CCCCCCC2=CC23OCC(C)(C)CO3)OC1. The van der Waals surface area contributed by atoms with Crippen molar-refractivity contribution in [2.45, 2.75) is 77.8 Å². The van der Waals surface area contributed by atoms with Crippen molar-refractivity contribution in [3.63, 3.8) is 0 Å². The lowest BCUT2D eigenvalue weighted by Gasteiger charge is -2.36. The third kappa shape index (κ3) is 3.94. The zero-order chi connectivity index (χ0) is 18.5. The molecule has 2 aliphatic carbocycles. The number of ether oxygens (including phenoxy) is 4. The Hall–Kier alpha value is -0.680. The smallest absolute Gasteiger partial charge is 0.211 e. The van der Waals surface area contributed by atoms with Gasteiger partial charge in [0.2, 0.25) is 11.6 Å². The molecule has 0 aromatic heterocycles. The molecule has 146 valence electrons. The molecule has 4 aliphatic rings. The molecule has 0 aromatic carbocycles. The largest absolute Gasteiger partial charge is 0.342 e. The summed E-state index contributed by atoms with van der Waals surface area (Å²) < 4.78 is 23.8. The molecule has 2 fully saturated rings. The monoisotopic (exact) mass is 362 g/mol. The summed E-state index contributed by atoms with van der Waals surface area (Å²) >= 11 is 0. The van der Waals surface area contributed by atoms with E-state index in [1.165, 1.54) is 36.8 Å². The van der Waals surface area contributed by atoms with Crippen LogP contribution in [-0.2, 0) is 18.9 Å². The van der Waals surface area contributed by atoms with Crippen molar-refractivity contribution in [3.05, 3.63) is 23.3 Å². The molecular weight excluding hydrogens is 328 g/mol. The minimum atomic E-state index is -0.413. The highest BCUT2D eigenvalue weighted by Crippen LogP contribution is 2.48. The van der Waals surface area contributed by atoms with E-state index in [0.717, 1.165) is 39.3 Å². The highest BCUT2D eigenvalue weighted by Gasteiger charge is 2.51. The van der Waals surface area contributed by atoms with Gasteiger partial charge in [-0.3, -0.25) is 0 Å². The van der Waals surface area contributed by atoms with Crippen LogP contribution in [0.4, 0.5) is 0 Å². The van der Waals surface area contributed by atoms with Gasteiger partial charge >= 0.3 is 0 Å².